The van der Waals surface area contributed by atoms with Crippen LogP contribution in [-0.2, 0) is 0 Å². The van der Waals surface area contributed by atoms with Crippen molar-refractivity contribution in [2.45, 2.75) is 0 Å². The molecule has 1 saturated heterocycles. The molecule has 3 rings (SSSR count). The highest BCUT2D eigenvalue weighted by atomic mass is 16.2. The van der Waals surface area contributed by atoms with E-state index in [1.54, 1.807) is 17.0 Å². The molecule has 20 heavy (non-hydrogen) atoms. The lowest BCUT2D eigenvalue weighted by molar-refractivity contribution is 0.0657. The Kier molecular flexibility index (Phi) is 3.38. The van der Waals surface area contributed by atoms with Crippen LogP contribution in [0.5, 0.6) is 0 Å². The molecule has 0 bridgehead atoms. The molecule has 0 unspecified atom stereocenters. The van der Waals surface area contributed by atoms with Gasteiger partial charge in [0.25, 0.3) is 5.91 Å². The molecule has 3 heterocycles. The van der Waals surface area contributed by atoms with Crippen molar-refractivity contribution in [3.63, 3.8) is 0 Å². The maximum Gasteiger partial charge on any atom is 0.274 e. The van der Waals surface area contributed by atoms with E-state index in [-0.39, 0.29) is 5.91 Å². The second-order valence-corrected chi connectivity index (χ2v) is 4.71. The van der Waals surface area contributed by atoms with Gasteiger partial charge in [-0.1, -0.05) is 0 Å². The maximum atomic E-state index is 12.3. The summed E-state index contributed by atoms with van der Waals surface area (Å²) in [4.78, 5) is 20.1. The third-order valence-corrected chi connectivity index (χ3v) is 3.31. The third kappa shape index (κ3) is 2.50. The average molecular weight is 273 g/mol. The van der Waals surface area contributed by atoms with Crippen LogP contribution in [0.3, 0.4) is 0 Å². The molecule has 0 saturated carbocycles. The highest BCUT2D eigenvalue weighted by Crippen LogP contribution is 2.07. The van der Waals surface area contributed by atoms with Crippen LogP contribution in [-0.4, -0.2) is 73.9 Å². The van der Waals surface area contributed by atoms with E-state index in [0.717, 1.165) is 26.2 Å². The Balaban J connectivity index is 1.73. The Bertz CT molecular complexity index is 572. The van der Waals surface area contributed by atoms with Crippen LogP contribution in [0.25, 0.3) is 5.82 Å². The first kappa shape index (κ1) is 12.7. The molecule has 8 heteroatoms. The molecular weight excluding hydrogens is 258 g/mol. The monoisotopic (exact) mass is 273 g/mol. The zero-order valence-electron chi connectivity index (χ0n) is 11.2. The van der Waals surface area contributed by atoms with Crippen LogP contribution in [0.1, 0.15) is 10.5 Å². The van der Waals surface area contributed by atoms with Gasteiger partial charge in [0.2, 0.25) is 0 Å². The van der Waals surface area contributed by atoms with E-state index in [1.165, 1.54) is 17.3 Å². The zero-order chi connectivity index (χ0) is 13.9. The number of carbonyl (C=O) groups excluding carboxylic acids is 1. The van der Waals surface area contributed by atoms with Crippen molar-refractivity contribution in [2.75, 3.05) is 33.2 Å². The first-order valence-electron chi connectivity index (χ1n) is 6.40. The fourth-order valence-corrected chi connectivity index (χ4v) is 2.06. The number of carbonyl (C=O) groups is 1. The van der Waals surface area contributed by atoms with E-state index in [1.807, 2.05) is 0 Å². The predicted octanol–water partition coefficient (Wildman–Crippen LogP) is -0.555. The minimum Gasteiger partial charge on any atom is -0.335 e. The van der Waals surface area contributed by atoms with Crippen molar-refractivity contribution in [2.24, 2.45) is 0 Å². The molecule has 1 fully saturated rings. The first-order valence-corrected chi connectivity index (χ1v) is 6.40. The largest absolute Gasteiger partial charge is 0.335 e. The lowest BCUT2D eigenvalue weighted by Gasteiger charge is -2.32. The normalized spacial score (nSPS) is 16.4. The maximum absolute atomic E-state index is 12.3. The number of nitrogens with zero attached hydrogens (tertiary/aromatic N) is 7. The zero-order valence-corrected chi connectivity index (χ0v) is 11.2. The van der Waals surface area contributed by atoms with Gasteiger partial charge in [0.1, 0.15) is 12.7 Å². The molecule has 1 aliphatic rings. The summed E-state index contributed by atoms with van der Waals surface area (Å²) >= 11 is 0. The number of hydrogen-bond acceptors (Lipinski definition) is 6. The second-order valence-electron chi connectivity index (χ2n) is 4.71. The van der Waals surface area contributed by atoms with Crippen LogP contribution >= 0.6 is 0 Å². The van der Waals surface area contributed by atoms with Crippen molar-refractivity contribution >= 4 is 5.91 Å². The van der Waals surface area contributed by atoms with Crippen LogP contribution in [0.15, 0.2) is 24.8 Å². The summed E-state index contributed by atoms with van der Waals surface area (Å²) < 4.78 is 1.50. The van der Waals surface area contributed by atoms with Crippen LogP contribution < -0.4 is 0 Å². The van der Waals surface area contributed by atoms with Gasteiger partial charge < -0.3 is 9.80 Å². The van der Waals surface area contributed by atoms with E-state index < -0.39 is 0 Å². The summed E-state index contributed by atoms with van der Waals surface area (Å²) in [6, 6.07) is 3.38. The number of rotatable bonds is 2. The number of aromatic nitrogens is 5. The highest BCUT2D eigenvalue weighted by molar-refractivity contribution is 5.92. The van der Waals surface area contributed by atoms with Gasteiger partial charge in [-0.15, -0.1) is 10.2 Å². The summed E-state index contributed by atoms with van der Waals surface area (Å²) in [7, 11) is 2.05. The van der Waals surface area contributed by atoms with E-state index >= 15 is 0 Å². The van der Waals surface area contributed by atoms with Crippen molar-refractivity contribution in [3.8, 4) is 5.82 Å². The standard InChI is InChI=1S/C12H15N7O/c1-17-4-6-18(7-5-17)12(20)10-2-3-11(16-15-10)19-9-13-8-14-19/h2-3,8-9H,4-7H2,1H3. The molecule has 0 atom stereocenters. The summed E-state index contributed by atoms with van der Waals surface area (Å²) in [5.74, 6) is 0.466. The van der Waals surface area contributed by atoms with E-state index in [2.05, 4.69) is 32.2 Å². The molecule has 0 aromatic carbocycles. The van der Waals surface area contributed by atoms with Gasteiger partial charge in [-0.3, -0.25) is 4.79 Å². The predicted molar refractivity (Wildman–Crippen MR) is 70.3 cm³/mol. The number of likely N-dealkylation sites (N-methyl/N-ethyl adjacent to an activating group) is 1. The molecule has 0 aliphatic carbocycles. The van der Waals surface area contributed by atoms with Gasteiger partial charge in [0.05, 0.1) is 0 Å². The smallest absolute Gasteiger partial charge is 0.274 e. The summed E-state index contributed by atoms with van der Waals surface area (Å²) in [6.07, 6.45) is 2.96. The minimum absolute atomic E-state index is 0.0734. The van der Waals surface area contributed by atoms with Gasteiger partial charge in [0, 0.05) is 26.2 Å². The molecule has 104 valence electrons. The van der Waals surface area contributed by atoms with Crippen LogP contribution in [0.4, 0.5) is 0 Å². The third-order valence-electron chi connectivity index (χ3n) is 3.31. The molecule has 0 radical (unpaired) electrons. The quantitative estimate of drug-likeness (QED) is 0.730. The summed E-state index contributed by atoms with van der Waals surface area (Å²) in [5, 5.41) is 12.0. The van der Waals surface area contributed by atoms with Gasteiger partial charge in [-0.05, 0) is 19.2 Å². The van der Waals surface area contributed by atoms with Gasteiger partial charge >= 0.3 is 0 Å². The van der Waals surface area contributed by atoms with Gasteiger partial charge in [0.15, 0.2) is 11.5 Å². The molecular formula is C12H15N7O. The Morgan fingerprint density at radius 2 is 1.95 bits per heavy atom. The number of hydrogen-bond donors (Lipinski definition) is 0. The molecule has 2 aromatic rings. The summed E-state index contributed by atoms with van der Waals surface area (Å²) in [5.41, 5.74) is 0.360. The van der Waals surface area contributed by atoms with Crippen molar-refractivity contribution in [1.29, 1.82) is 0 Å². The Morgan fingerprint density at radius 3 is 2.55 bits per heavy atom. The topological polar surface area (TPSA) is 80.0 Å². The SMILES string of the molecule is CN1CCN(C(=O)c2ccc(-n3cncn3)nn2)CC1. The summed E-state index contributed by atoms with van der Waals surface area (Å²) in [6.45, 7) is 3.22. The molecule has 1 amide bonds. The van der Waals surface area contributed by atoms with Crippen LogP contribution in [0.2, 0.25) is 0 Å². The lowest BCUT2D eigenvalue weighted by Crippen LogP contribution is -2.47. The highest BCUT2D eigenvalue weighted by Gasteiger charge is 2.21. The van der Waals surface area contributed by atoms with Crippen molar-refractivity contribution < 1.29 is 4.79 Å². The fourth-order valence-electron chi connectivity index (χ4n) is 2.06. The van der Waals surface area contributed by atoms with Gasteiger partial charge in [-0.2, -0.15) is 5.10 Å². The van der Waals surface area contributed by atoms with E-state index in [9.17, 15) is 4.79 Å². The number of amides is 1. The molecule has 0 N–H and O–H groups in total. The number of piperazine rings is 1. The van der Waals surface area contributed by atoms with Crippen molar-refractivity contribution in [3.05, 3.63) is 30.5 Å². The van der Waals surface area contributed by atoms with Crippen LogP contribution in [0, 0.1) is 0 Å². The Labute approximate surface area is 116 Å². The van der Waals surface area contributed by atoms with E-state index in [0.29, 0.717) is 11.5 Å². The molecule has 8 nitrogen and oxygen atoms in total. The van der Waals surface area contributed by atoms with E-state index in [4.69, 9.17) is 0 Å². The average Bonchev–Trinajstić information content (AvgIpc) is 3.02. The first-order chi connectivity index (χ1) is 9.74. The molecule has 2 aromatic heterocycles. The fraction of sp³-hybridized carbons (Fsp3) is 0.417. The molecule has 0 spiro atoms. The molecule has 1 aliphatic heterocycles. The minimum atomic E-state index is -0.0734. The van der Waals surface area contributed by atoms with Crippen molar-refractivity contribution in [1.82, 2.24) is 34.8 Å². The second kappa shape index (κ2) is 5.33. The Hall–Kier alpha value is -2.35. The lowest BCUT2D eigenvalue weighted by atomic mass is 10.3. The Morgan fingerprint density at radius 1 is 1.15 bits per heavy atom. The van der Waals surface area contributed by atoms with Gasteiger partial charge in [-0.25, -0.2) is 9.67 Å².